The maximum absolute atomic E-state index is 6.38. The third kappa shape index (κ3) is 4.55. The second-order valence-electron chi connectivity index (χ2n) is 7.16. The van der Waals surface area contributed by atoms with Crippen molar-refractivity contribution in [1.82, 2.24) is 4.90 Å². The molecule has 0 spiro atoms. The molecule has 1 aliphatic heterocycles. The average Bonchev–Trinajstić information content (AvgIpc) is 2.28. The summed E-state index contributed by atoms with van der Waals surface area (Å²) in [7, 11) is 0. The van der Waals surface area contributed by atoms with Crippen molar-refractivity contribution in [1.29, 1.82) is 0 Å². The highest BCUT2D eigenvalue weighted by molar-refractivity contribution is 4.80. The van der Waals surface area contributed by atoms with E-state index in [9.17, 15) is 0 Å². The molecule has 0 radical (unpaired) electrons. The lowest BCUT2D eigenvalue weighted by Gasteiger charge is -2.37. The number of nitrogens with zero attached hydrogens (tertiary/aromatic N) is 1. The number of piperidine rings is 1. The van der Waals surface area contributed by atoms with Crippen LogP contribution in [0.5, 0.6) is 0 Å². The number of likely N-dealkylation sites (tertiary alicyclic amines) is 1. The summed E-state index contributed by atoms with van der Waals surface area (Å²) in [4.78, 5) is 2.62. The SMILES string of the molecule is CC1CC(C)CN(CC(N)CC2CCCCC2)C1. The molecule has 2 N–H and O–H groups in total. The van der Waals surface area contributed by atoms with Crippen molar-refractivity contribution in [2.75, 3.05) is 19.6 Å². The van der Waals surface area contributed by atoms with Gasteiger partial charge in [0.25, 0.3) is 0 Å². The van der Waals surface area contributed by atoms with Crippen LogP contribution in [0.3, 0.4) is 0 Å². The summed E-state index contributed by atoms with van der Waals surface area (Å²) in [5.74, 6) is 2.64. The molecule has 1 saturated heterocycles. The molecule has 2 heteroatoms. The van der Waals surface area contributed by atoms with Gasteiger partial charge < -0.3 is 10.6 Å². The van der Waals surface area contributed by atoms with Crippen LogP contribution in [0.2, 0.25) is 0 Å². The Labute approximate surface area is 113 Å². The van der Waals surface area contributed by atoms with Crippen LogP contribution in [0.1, 0.15) is 58.8 Å². The van der Waals surface area contributed by atoms with E-state index >= 15 is 0 Å². The third-order valence-corrected chi connectivity index (χ3v) is 4.80. The van der Waals surface area contributed by atoms with Crippen molar-refractivity contribution in [3.05, 3.63) is 0 Å². The zero-order chi connectivity index (χ0) is 13.0. The number of hydrogen-bond acceptors (Lipinski definition) is 2. The Morgan fingerprint density at radius 2 is 1.67 bits per heavy atom. The van der Waals surface area contributed by atoms with Crippen molar-refractivity contribution in [2.24, 2.45) is 23.5 Å². The largest absolute Gasteiger partial charge is 0.327 e. The molecule has 106 valence electrons. The van der Waals surface area contributed by atoms with Crippen molar-refractivity contribution in [3.63, 3.8) is 0 Å². The van der Waals surface area contributed by atoms with E-state index in [0.29, 0.717) is 6.04 Å². The van der Waals surface area contributed by atoms with Gasteiger partial charge in [0.1, 0.15) is 0 Å². The van der Waals surface area contributed by atoms with Crippen LogP contribution in [0.25, 0.3) is 0 Å². The first-order valence-electron chi connectivity index (χ1n) is 8.11. The molecule has 0 aromatic rings. The Hall–Kier alpha value is -0.0800. The molecule has 1 heterocycles. The predicted molar refractivity (Wildman–Crippen MR) is 78.6 cm³/mol. The molecule has 18 heavy (non-hydrogen) atoms. The van der Waals surface area contributed by atoms with Crippen molar-refractivity contribution < 1.29 is 0 Å². The lowest BCUT2D eigenvalue weighted by atomic mass is 9.84. The zero-order valence-corrected chi connectivity index (χ0v) is 12.4. The van der Waals surface area contributed by atoms with Crippen molar-refractivity contribution in [3.8, 4) is 0 Å². The molecule has 1 saturated carbocycles. The predicted octanol–water partition coefficient (Wildman–Crippen LogP) is 3.26. The van der Waals surface area contributed by atoms with Gasteiger partial charge in [-0.15, -0.1) is 0 Å². The van der Waals surface area contributed by atoms with Gasteiger partial charge in [0.05, 0.1) is 0 Å². The minimum Gasteiger partial charge on any atom is -0.327 e. The molecule has 0 amide bonds. The third-order valence-electron chi connectivity index (χ3n) is 4.80. The van der Waals surface area contributed by atoms with Crippen LogP contribution in [-0.4, -0.2) is 30.6 Å². The van der Waals surface area contributed by atoms with Crippen LogP contribution >= 0.6 is 0 Å². The van der Waals surface area contributed by atoms with E-state index in [-0.39, 0.29) is 0 Å². The fourth-order valence-electron chi connectivity index (χ4n) is 4.20. The summed E-state index contributed by atoms with van der Waals surface area (Å²) in [5, 5.41) is 0. The first-order chi connectivity index (χ1) is 8.63. The topological polar surface area (TPSA) is 29.3 Å². The average molecular weight is 252 g/mol. The molecule has 3 atom stereocenters. The Bertz CT molecular complexity index is 225. The number of rotatable bonds is 4. The molecule has 2 rings (SSSR count). The second kappa shape index (κ2) is 6.91. The number of nitrogens with two attached hydrogens (primary N) is 1. The summed E-state index contributed by atoms with van der Waals surface area (Å²) in [5.41, 5.74) is 6.38. The lowest BCUT2D eigenvalue weighted by molar-refractivity contribution is 0.128. The Kier molecular flexibility index (Phi) is 5.50. The highest BCUT2D eigenvalue weighted by atomic mass is 15.1. The van der Waals surface area contributed by atoms with Gasteiger partial charge in [-0.3, -0.25) is 0 Å². The summed E-state index contributed by atoms with van der Waals surface area (Å²) >= 11 is 0. The van der Waals surface area contributed by atoms with E-state index in [1.54, 1.807) is 0 Å². The van der Waals surface area contributed by atoms with Gasteiger partial charge in [0, 0.05) is 25.7 Å². The smallest absolute Gasteiger partial charge is 0.0170 e. The first-order valence-corrected chi connectivity index (χ1v) is 8.11. The molecule has 2 aliphatic rings. The zero-order valence-electron chi connectivity index (χ0n) is 12.4. The lowest BCUT2D eigenvalue weighted by Crippen LogP contribution is -2.45. The van der Waals surface area contributed by atoms with E-state index < -0.39 is 0 Å². The first kappa shape index (κ1) is 14.3. The standard InChI is InChI=1S/C16H32N2/c1-13-8-14(2)11-18(10-13)12-16(17)9-15-6-4-3-5-7-15/h13-16H,3-12,17H2,1-2H3. The quantitative estimate of drug-likeness (QED) is 0.832. The van der Waals surface area contributed by atoms with Crippen LogP contribution in [0.4, 0.5) is 0 Å². The van der Waals surface area contributed by atoms with Gasteiger partial charge in [-0.25, -0.2) is 0 Å². The van der Waals surface area contributed by atoms with E-state index in [4.69, 9.17) is 5.73 Å². The maximum atomic E-state index is 6.38. The van der Waals surface area contributed by atoms with Crippen LogP contribution in [0.15, 0.2) is 0 Å². The summed E-state index contributed by atoms with van der Waals surface area (Å²) in [6.07, 6.45) is 9.85. The van der Waals surface area contributed by atoms with E-state index in [0.717, 1.165) is 24.3 Å². The van der Waals surface area contributed by atoms with Gasteiger partial charge in [0.2, 0.25) is 0 Å². The van der Waals surface area contributed by atoms with E-state index in [1.807, 2.05) is 0 Å². The highest BCUT2D eigenvalue weighted by Crippen LogP contribution is 2.27. The molecular weight excluding hydrogens is 220 g/mol. The van der Waals surface area contributed by atoms with E-state index in [2.05, 4.69) is 18.7 Å². The molecule has 0 aromatic carbocycles. The molecule has 0 aromatic heterocycles. The number of hydrogen-bond donors (Lipinski definition) is 1. The van der Waals surface area contributed by atoms with E-state index in [1.165, 1.54) is 58.0 Å². The van der Waals surface area contributed by atoms with Gasteiger partial charge in [0.15, 0.2) is 0 Å². The minimum atomic E-state index is 0.408. The fraction of sp³-hybridized carbons (Fsp3) is 1.00. The van der Waals surface area contributed by atoms with Crippen LogP contribution in [0, 0.1) is 17.8 Å². The monoisotopic (exact) mass is 252 g/mol. The Morgan fingerprint density at radius 1 is 1.06 bits per heavy atom. The fourth-order valence-corrected chi connectivity index (χ4v) is 4.20. The molecule has 3 unspecified atom stereocenters. The van der Waals surface area contributed by atoms with Gasteiger partial charge in [-0.2, -0.15) is 0 Å². The summed E-state index contributed by atoms with van der Waals surface area (Å²) < 4.78 is 0. The molecule has 2 fully saturated rings. The van der Waals surface area contributed by atoms with Gasteiger partial charge >= 0.3 is 0 Å². The Balaban J connectivity index is 1.70. The van der Waals surface area contributed by atoms with Gasteiger partial charge in [-0.1, -0.05) is 46.0 Å². The van der Waals surface area contributed by atoms with Gasteiger partial charge in [-0.05, 0) is 30.6 Å². The Morgan fingerprint density at radius 3 is 2.28 bits per heavy atom. The van der Waals surface area contributed by atoms with Crippen LogP contribution in [-0.2, 0) is 0 Å². The van der Waals surface area contributed by atoms with Crippen molar-refractivity contribution >= 4 is 0 Å². The normalized spacial score (nSPS) is 33.5. The minimum absolute atomic E-state index is 0.408. The van der Waals surface area contributed by atoms with Crippen LogP contribution < -0.4 is 5.73 Å². The van der Waals surface area contributed by atoms with Crippen molar-refractivity contribution in [2.45, 2.75) is 64.8 Å². The second-order valence-corrected chi connectivity index (χ2v) is 7.16. The molecule has 2 nitrogen and oxygen atoms in total. The molecule has 1 aliphatic carbocycles. The molecule has 0 bridgehead atoms. The summed E-state index contributed by atoms with van der Waals surface area (Å²) in [6, 6.07) is 0.408. The highest BCUT2D eigenvalue weighted by Gasteiger charge is 2.24. The summed E-state index contributed by atoms with van der Waals surface area (Å²) in [6.45, 7) is 8.43. The maximum Gasteiger partial charge on any atom is 0.0170 e. The molecular formula is C16H32N2.